The Kier molecular flexibility index (Phi) is 6.62. The van der Waals surface area contributed by atoms with Crippen LogP contribution in [0.4, 0.5) is 10.5 Å². The van der Waals surface area contributed by atoms with E-state index in [1.807, 2.05) is 24.3 Å². The van der Waals surface area contributed by atoms with Crippen molar-refractivity contribution in [1.29, 1.82) is 0 Å². The molecular weight excluding hydrogens is 328 g/mol. The molecule has 0 unspecified atom stereocenters. The molecule has 0 spiro atoms. The van der Waals surface area contributed by atoms with Gasteiger partial charge >= 0.3 is 0 Å². The Hall–Kier alpha value is -2.06. The van der Waals surface area contributed by atoms with Gasteiger partial charge in [-0.05, 0) is 31.4 Å². The zero-order valence-electron chi connectivity index (χ0n) is 13.6. The Labute approximate surface area is 145 Å². The summed E-state index contributed by atoms with van der Waals surface area (Å²) in [5, 5.41) is -0.480. The average molecular weight is 350 g/mol. The van der Waals surface area contributed by atoms with Gasteiger partial charge in [0, 0.05) is 24.7 Å². The fraction of sp³-hybridized carbons (Fsp3) is 0.438. The van der Waals surface area contributed by atoms with E-state index in [-0.39, 0.29) is 30.0 Å². The van der Waals surface area contributed by atoms with Gasteiger partial charge in [-0.3, -0.25) is 25.2 Å². The molecule has 4 N–H and O–H groups in total. The Morgan fingerprint density at radius 3 is 2.79 bits per heavy atom. The van der Waals surface area contributed by atoms with Crippen molar-refractivity contribution in [2.75, 3.05) is 17.2 Å². The smallest absolute Gasteiger partial charge is 0.298 e. The molecule has 1 aromatic rings. The van der Waals surface area contributed by atoms with E-state index in [1.54, 1.807) is 11.8 Å². The molecule has 1 aliphatic heterocycles. The molecular formula is C16H22N4O3S. The molecule has 7 nitrogen and oxygen atoms in total. The first kappa shape index (κ1) is 18.3. The summed E-state index contributed by atoms with van der Waals surface area (Å²) >= 11 is 0.827. The maximum Gasteiger partial charge on any atom is 0.298 e. The second-order valence-corrected chi connectivity index (χ2v) is 6.66. The van der Waals surface area contributed by atoms with Gasteiger partial charge in [-0.15, -0.1) is 0 Å². The molecule has 0 saturated carbocycles. The van der Waals surface area contributed by atoms with E-state index in [2.05, 4.69) is 10.9 Å². The molecule has 1 aromatic carbocycles. The van der Waals surface area contributed by atoms with Gasteiger partial charge in [0.25, 0.3) is 5.24 Å². The molecule has 0 saturated heterocycles. The minimum atomic E-state index is -0.480. The van der Waals surface area contributed by atoms with Crippen LogP contribution in [0, 0.1) is 0 Å². The van der Waals surface area contributed by atoms with E-state index in [0.29, 0.717) is 6.54 Å². The summed E-state index contributed by atoms with van der Waals surface area (Å²) < 4.78 is 0. The highest BCUT2D eigenvalue weighted by Gasteiger charge is 2.22. The van der Waals surface area contributed by atoms with Crippen molar-refractivity contribution in [3.63, 3.8) is 0 Å². The number of benzene rings is 1. The number of fused-ring (bicyclic) bond motifs is 1. The first-order chi connectivity index (χ1) is 11.5. The highest BCUT2D eigenvalue weighted by molar-refractivity contribution is 8.14. The summed E-state index contributed by atoms with van der Waals surface area (Å²) in [4.78, 5) is 37.2. The summed E-state index contributed by atoms with van der Waals surface area (Å²) in [6.07, 6.45) is 1.99. The van der Waals surface area contributed by atoms with Gasteiger partial charge in [0.15, 0.2) is 0 Å². The third-order valence-corrected chi connectivity index (χ3v) is 4.30. The average Bonchev–Trinajstić information content (AvgIpc) is 2.56. The number of thioether (sulfide) groups is 1. The van der Waals surface area contributed by atoms with Crippen molar-refractivity contribution in [3.05, 3.63) is 29.8 Å². The molecule has 2 rings (SSSR count). The third-order valence-electron chi connectivity index (χ3n) is 3.55. The predicted octanol–water partition coefficient (Wildman–Crippen LogP) is 1.18. The number of nitrogens with zero attached hydrogens (tertiary/aromatic N) is 1. The molecule has 0 aliphatic carbocycles. The lowest BCUT2D eigenvalue weighted by atomic mass is 10.0. The van der Waals surface area contributed by atoms with Gasteiger partial charge < -0.3 is 10.6 Å². The number of hydrogen-bond donors (Lipinski definition) is 3. The molecule has 8 heteroatoms. The van der Waals surface area contributed by atoms with Crippen molar-refractivity contribution in [2.24, 2.45) is 5.73 Å². The van der Waals surface area contributed by atoms with Crippen LogP contribution in [0.15, 0.2) is 24.3 Å². The number of rotatable bonds is 4. The predicted molar refractivity (Wildman–Crippen MR) is 94.5 cm³/mol. The molecule has 24 heavy (non-hydrogen) atoms. The van der Waals surface area contributed by atoms with Crippen LogP contribution in [0.25, 0.3) is 0 Å². The number of hydrogen-bond acceptors (Lipinski definition) is 5. The van der Waals surface area contributed by atoms with Gasteiger partial charge in [0.2, 0.25) is 11.8 Å². The molecule has 1 aliphatic rings. The van der Waals surface area contributed by atoms with E-state index in [1.165, 1.54) is 0 Å². The second kappa shape index (κ2) is 8.70. The van der Waals surface area contributed by atoms with E-state index in [4.69, 9.17) is 5.73 Å². The first-order valence-electron chi connectivity index (χ1n) is 7.83. The standard InChI is InChI=1S/C16H22N4O3S/c1-11(17)9-14(21)18-19-16(23)24-10-15(22)20-8-4-6-12-5-2-3-7-13(12)20/h2-3,5,7,11H,4,6,8-10,17H2,1H3,(H,18,21)(H,19,23)/t11-/m0/s1. The summed E-state index contributed by atoms with van der Waals surface area (Å²) in [5.41, 5.74) is 12.1. The normalized spacial score (nSPS) is 14.5. The summed E-state index contributed by atoms with van der Waals surface area (Å²) in [6.45, 7) is 2.36. The summed E-state index contributed by atoms with van der Waals surface area (Å²) in [6, 6.07) is 7.52. The number of aryl methyl sites for hydroxylation is 1. The number of nitrogens with one attached hydrogen (secondary N) is 2. The van der Waals surface area contributed by atoms with Crippen LogP contribution in [-0.4, -0.2) is 35.4 Å². The largest absolute Gasteiger partial charge is 0.327 e. The second-order valence-electron chi connectivity index (χ2n) is 5.71. The lowest BCUT2D eigenvalue weighted by Gasteiger charge is -2.29. The van der Waals surface area contributed by atoms with Crippen LogP contribution in [0.1, 0.15) is 25.3 Å². The molecule has 1 heterocycles. The minimum Gasteiger partial charge on any atom is -0.327 e. The highest BCUT2D eigenvalue weighted by atomic mass is 32.2. The fourth-order valence-electron chi connectivity index (χ4n) is 2.50. The third kappa shape index (κ3) is 5.24. The van der Waals surface area contributed by atoms with E-state index in [9.17, 15) is 14.4 Å². The first-order valence-corrected chi connectivity index (χ1v) is 8.81. The maximum absolute atomic E-state index is 12.4. The van der Waals surface area contributed by atoms with Crippen molar-refractivity contribution in [2.45, 2.75) is 32.2 Å². The van der Waals surface area contributed by atoms with Crippen LogP contribution in [0.5, 0.6) is 0 Å². The minimum absolute atomic E-state index is 0.0172. The van der Waals surface area contributed by atoms with Crippen LogP contribution >= 0.6 is 11.8 Å². The van der Waals surface area contributed by atoms with E-state index < -0.39 is 5.24 Å². The number of carbonyl (C=O) groups excluding carboxylic acids is 3. The van der Waals surface area contributed by atoms with Gasteiger partial charge in [-0.25, -0.2) is 0 Å². The molecule has 0 fully saturated rings. The Morgan fingerprint density at radius 2 is 2.04 bits per heavy atom. The van der Waals surface area contributed by atoms with Crippen LogP contribution in [-0.2, 0) is 16.0 Å². The number of para-hydroxylation sites is 1. The van der Waals surface area contributed by atoms with Crippen molar-refractivity contribution in [1.82, 2.24) is 10.9 Å². The molecule has 1 atom stereocenters. The fourth-order valence-corrected chi connectivity index (χ4v) is 3.03. The van der Waals surface area contributed by atoms with Gasteiger partial charge in [-0.2, -0.15) is 0 Å². The number of amides is 3. The number of hydrazine groups is 1. The number of nitrogens with two attached hydrogens (primary N) is 1. The highest BCUT2D eigenvalue weighted by Crippen LogP contribution is 2.27. The van der Waals surface area contributed by atoms with Crippen molar-refractivity contribution < 1.29 is 14.4 Å². The van der Waals surface area contributed by atoms with Crippen molar-refractivity contribution in [3.8, 4) is 0 Å². The lowest BCUT2D eigenvalue weighted by molar-refractivity contribution is -0.122. The quantitative estimate of drug-likeness (QED) is 0.707. The topological polar surface area (TPSA) is 105 Å². The number of anilines is 1. The maximum atomic E-state index is 12.4. The SMILES string of the molecule is C[C@H](N)CC(=O)NNC(=O)SCC(=O)N1CCCc2ccccc21. The van der Waals surface area contributed by atoms with E-state index >= 15 is 0 Å². The monoisotopic (exact) mass is 350 g/mol. The van der Waals surface area contributed by atoms with Gasteiger partial charge in [0.1, 0.15) is 0 Å². The van der Waals surface area contributed by atoms with E-state index in [0.717, 1.165) is 35.9 Å². The molecule has 0 radical (unpaired) electrons. The van der Waals surface area contributed by atoms with Gasteiger partial charge in [-0.1, -0.05) is 30.0 Å². The Bertz CT molecular complexity index is 621. The molecule has 130 valence electrons. The molecule has 3 amide bonds. The zero-order valence-corrected chi connectivity index (χ0v) is 14.4. The van der Waals surface area contributed by atoms with Crippen LogP contribution < -0.4 is 21.5 Å². The molecule has 0 aromatic heterocycles. The van der Waals surface area contributed by atoms with Crippen LogP contribution in [0.2, 0.25) is 0 Å². The Balaban J connectivity index is 1.79. The zero-order chi connectivity index (χ0) is 17.5. The van der Waals surface area contributed by atoms with Crippen LogP contribution in [0.3, 0.4) is 0 Å². The van der Waals surface area contributed by atoms with Gasteiger partial charge in [0.05, 0.1) is 5.75 Å². The molecule has 0 bridgehead atoms. The summed E-state index contributed by atoms with van der Waals surface area (Å²) in [5.74, 6) is -0.469. The Morgan fingerprint density at radius 1 is 1.29 bits per heavy atom. The summed E-state index contributed by atoms with van der Waals surface area (Å²) in [7, 11) is 0. The van der Waals surface area contributed by atoms with Crippen molar-refractivity contribution >= 4 is 34.5 Å². The lowest BCUT2D eigenvalue weighted by Crippen LogP contribution is -2.42. The number of carbonyl (C=O) groups is 3.